The maximum Gasteiger partial charge on any atom is 0.408 e. The summed E-state index contributed by atoms with van der Waals surface area (Å²) in [6, 6.07) is 5.98. The lowest BCUT2D eigenvalue weighted by molar-refractivity contribution is -0.160. The quantitative estimate of drug-likeness (QED) is 0.260. The fourth-order valence-corrected chi connectivity index (χ4v) is 3.18. The molecule has 3 N–H and O–H groups in total. The van der Waals surface area contributed by atoms with Crippen molar-refractivity contribution in [1.29, 1.82) is 0 Å². The summed E-state index contributed by atoms with van der Waals surface area (Å²) >= 11 is 0. The van der Waals surface area contributed by atoms with Gasteiger partial charge in [0.1, 0.15) is 18.7 Å². The summed E-state index contributed by atoms with van der Waals surface area (Å²) in [5.41, 5.74) is 0.745. The van der Waals surface area contributed by atoms with Crippen LogP contribution in [0.1, 0.15) is 46.1 Å². The number of carbonyl (C=O) groups is 5. The van der Waals surface area contributed by atoms with Crippen molar-refractivity contribution in [3.05, 3.63) is 35.9 Å². The van der Waals surface area contributed by atoms with Gasteiger partial charge in [0.05, 0.1) is 25.6 Å². The summed E-state index contributed by atoms with van der Waals surface area (Å²) in [5.74, 6) is -5.75. The number of hydrogen-bond donors (Lipinski definition) is 3. The summed E-state index contributed by atoms with van der Waals surface area (Å²) in [7, 11) is 0. The molecule has 0 fully saturated rings. The van der Waals surface area contributed by atoms with Gasteiger partial charge in [-0.1, -0.05) is 44.2 Å². The van der Waals surface area contributed by atoms with E-state index < -0.39 is 54.3 Å². The van der Waals surface area contributed by atoms with Crippen LogP contribution in [0.15, 0.2) is 30.3 Å². The van der Waals surface area contributed by atoms with Gasteiger partial charge in [-0.2, -0.15) is 0 Å². The fraction of sp³-hybridized carbons (Fsp3) is 0.542. The zero-order chi connectivity index (χ0) is 26.4. The number of amides is 2. The van der Waals surface area contributed by atoms with Crippen molar-refractivity contribution in [2.45, 2.75) is 59.2 Å². The molecule has 1 aromatic carbocycles. The lowest BCUT2D eigenvalue weighted by Crippen LogP contribution is -2.55. The minimum atomic E-state index is -1.79. The van der Waals surface area contributed by atoms with Crippen molar-refractivity contribution < 1.29 is 43.3 Å². The van der Waals surface area contributed by atoms with E-state index in [0.29, 0.717) is 0 Å². The average molecular weight is 495 g/mol. The van der Waals surface area contributed by atoms with Crippen LogP contribution in [0.3, 0.4) is 0 Å². The molecule has 0 saturated heterocycles. The normalized spacial score (nSPS) is 13.2. The van der Waals surface area contributed by atoms with Crippen LogP contribution >= 0.6 is 0 Å². The number of esters is 2. The van der Waals surface area contributed by atoms with E-state index in [4.69, 9.17) is 14.2 Å². The standard InChI is InChI=1S/C24H34N2O9/c1-5-33-19(27)13-17(23(31)34-6-2)20(22(29)30)26-21(28)18(12-15(3)4)25-24(32)35-14-16-10-8-7-9-11-16/h7-11,15,17-18,20H,5-6,12-14H2,1-4H3,(H,25,32)(H,26,28)(H,29,30)/t17-,18+,20-/m1/s1. The molecule has 11 nitrogen and oxygen atoms in total. The Balaban J connectivity index is 2.99. The van der Waals surface area contributed by atoms with Crippen LogP contribution in [0, 0.1) is 11.8 Å². The topological polar surface area (TPSA) is 157 Å². The van der Waals surface area contributed by atoms with E-state index in [1.165, 1.54) is 6.92 Å². The first kappa shape index (κ1) is 29.4. The Labute approximate surface area is 204 Å². The van der Waals surface area contributed by atoms with Crippen molar-refractivity contribution in [3.8, 4) is 0 Å². The van der Waals surface area contributed by atoms with E-state index in [9.17, 15) is 29.1 Å². The minimum Gasteiger partial charge on any atom is -0.480 e. The molecule has 0 bridgehead atoms. The Bertz CT molecular complexity index is 858. The van der Waals surface area contributed by atoms with Crippen LogP contribution in [0.5, 0.6) is 0 Å². The third-order valence-corrected chi connectivity index (χ3v) is 4.78. The van der Waals surface area contributed by atoms with Gasteiger partial charge in [0, 0.05) is 0 Å². The molecule has 3 atom stereocenters. The highest BCUT2D eigenvalue weighted by atomic mass is 16.6. The van der Waals surface area contributed by atoms with Gasteiger partial charge in [-0.15, -0.1) is 0 Å². The molecule has 0 saturated carbocycles. The van der Waals surface area contributed by atoms with Gasteiger partial charge in [0.25, 0.3) is 0 Å². The van der Waals surface area contributed by atoms with Gasteiger partial charge in [0.15, 0.2) is 0 Å². The molecule has 0 spiro atoms. The van der Waals surface area contributed by atoms with E-state index >= 15 is 0 Å². The first-order valence-electron chi connectivity index (χ1n) is 11.4. The SMILES string of the molecule is CCOC(=O)C[C@@H](C(=O)OCC)[C@@H](NC(=O)[C@H](CC(C)C)NC(=O)OCc1ccccc1)C(=O)O. The Morgan fingerprint density at radius 3 is 2.09 bits per heavy atom. The Kier molecular flexibility index (Phi) is 12.9. The maximum atomic E-state index is 13.0. The summed E-state index contributed by atoms with van der Waals surface area (Å²) in [6.07, 6.45) is -1.30. The molecule has 35 heavy (non-hydrogen) atoms. The molecule has 1 rings (SSSR count). The monoisotopic (exact) mass is 494 g/mol. The molecule has 2 amide bonds. The number of aliphatic carboxylic acids is 1. The van der Waals surface area contributed by atoms with Crippen LogP contribution in [-0.4, -0.2) is 60.3 Å². The lowest BCUT2D eigenvalue weighted by atomic mass is 9.95. The van der Waals surface area contributed by atoms with Crippen LogP contribution in [0.4, 0.5) is 4.79 Å². The second-order valence-electron chi connectivity index (χ2n) is 8.08. The summed E-state index contributed by atoms with van der Waals surface area (Å²) in [5, 5.41) is 14.4. The van der Waals surface area contributed by atoms with Gasteiger partial charge in [-0.3, -0.25) is 14.4 Å². The third kappa shape index (κ3) is 10.9. The van der Waals surface area contributed by atoms with Crippen molar-refractivity contribution in [2.75, 3.05) is 13.2 Å². The molecule has 0 unspecified atom stereocenters. The number of ether oxygens (including phenoxy) is 3. The van der Waals surface area contributed by atoms with Gasteiger partial charge < -0.3 is 30.0 Å². The zero-order valence-electron chi connectivity index (χ0n) is 20.4. The molecule has 1 aromatic rings. The van der Waals surface area contributed by atoms with E-state index in [2.05, 4.69) is 10.6 Å². The van der Waals surface area contributed by atoms with Crippen molar-refractivity contribution >= 4 is 29.9 Å². The fourth-order valence-electron chi connectivity index (χ4n) is 3.18. The number of benzene rings is 1. The van der Waals surface area contributed by atoms with Gasteiger partial charge in [-0.05, 0) is 31.7 Å². The predicted octanol–water partition coefficient (Wildman–Crippen LogP) is 2.03. The van der Waals surface area contributed by atoms with E-state index in [1.54, 1.807) is 31.2 Å². The number of hydrogen-bond acceptors (Lipinski definition) is 8. The lowest BCUT2D eigenvalue weighted by Gasteiger charge is -2.26. The van der Waals surface area contributed by atoms with E-state index in [1.807, 2.05) is 19.9 Å². The number of carboxylic acid groups (broad SMARTS) is 1. The predicted molar refractivity (Wildman–Crippen MR) is 124 cm³/mol. The molecular formula is C24H34N2O9. The minimum absolute atomic E-state index is 0.0229. The van der Waals surface area contributed by atoms with Gasteiger partial charge in [-0.25, -0.2) is 9.59 Å². The van der Waals surface area contributed by atoms with E-state index in [-0.39, 0.29) is 32.2 Å². The molecule has 0 aliphatic heterocycles. The number of carbonyl (C=O) groups excluding carboxylic acids is 4. The number of rotatable bonds is 14. The largest absolute Gasteiger partial charge is 0.480 e. The smallest absolute Gasteiger partial charge is 0.408 e. The highest BCUT2D eigenvalue weighted by Crippen LogP contribution is 2.15. The highest BCUT2D eigenvalue weighted by molar-refractivity contribution is 5.93. The Morgan fingerprint density at radius 2 is 1.54 bits per heavy atom. The Morgan fingerprint density at radius 1 is 0.914 bits per heavy atom. The molecule has 0 radical (unpaired) electrons. The molecule has 0 aromatic heterocycles. The summed E-state index contributed by atoms with van der Waals surface area (Å²) < 4.78 is 14.9. The van der Waals surface area contributed by atoms with Crippen LogP contribution < -0.4 is 10.6 Å². The summed E-state index contributed by atoms with van der Waals surface area (Å²) in [4.78, 5) is 61.7. The van der Waals surface area contributed by atoms with Crippen molar-refractivity contribution in [1.82, 2.24) is 10.6 Å². The molecule has 194 valence electrons. The first-order chi connectivity index (χ1) is 16.6. The first-order valence-corrected chi connectivity index (χ1v) is 11.4. The van der Waals surface area contributed by atoms with Crippen LogP contribution in [0.2, 0.25) is 0 Å². The van der Waals surface area contributed by atoms with Crippen LogP contribution in [-0.2, 0) is 40.0 Å². The number of nitrogens with one attached hydrogen (secondary N) is 2. The maximum absolute atomic E-state index is 13.0. The summed E-state index contributed by atoms with van der Waals surface area (Å²) in [6.45, 7) is 6.67. The van der Waals surface area contributed by atoms with Crippen LogP contribution in [0.25, 0.3) is 0 Å². The molecule has 0 aliphatic rings. The zero-order valence-corrected chi connectivity index (χ0v) is 20.4. The number of alkyl carbamates (subject to hydrolysis) is 1. The third-order valence-electron chi connectivity index (χ3n) is 4.78. The Hall–Kier alpha value is -3.63. The molecule has 11 heteroatoms. The van der Waals surface area contributed by atoms with Crippen molar-refractivity contribution in [2.24, 2.45) is 11.8 Å². The highest BCUT2D eigenvalue weighted by Gasteiger charge is 2.39. The second-order valence-corrected chi connectivity index (χ2v) is 8.08. The van der Waals surface area contributed by atoms with Crippen molar-refractivity contribution in [3.63, 3.8) is 0 Å². The van der Waals surface area contributed by atoms with E-state index in [0.717, 1.165) is 5.56 Å². The molecular weight excluding hydrogens is 460 g/mol. The molecule has 0 aliphatic carbocycles. The van der Waals surface area contributed by atoms with Gasteiger partial charge in [0.2, 0.25) is 5.91 Å². The molecule has 0 heterocycles. The number of carboxylic acids is 1. The van der Waals surface area contributed by atoms with Gasteiger partial charge >= 0.3 is 24.0 Å². The average Bonchev–Trinajstić information content (AvgIpc) is 2.80. The second kappa shape index (κ2) is 15.3.